The molecule has 0 saturated carbocycles. The molecule has 2 nitrogen and oxygen atoms in total. The molecule has 0 amide bonds. The summed E-state index contributed by atoms with van der Waals surface area (Å²) in [7, 11) is -4.00. The molecule has 0 spiro atoms. The fourth-order valence-electron chi connectivity index (χ4n) is 2.46. The lowest BCUT2D eigenvalue weighted by molar-refractivity contribution is 0.196. The third kappa shape index (κ3) is 7.54. The highest BCUT2D eigenvalue weighted by Gasteiger charge is 2.38. The van der Waals surface area contributed by atoms with Gasteiger partial charge >= 0.3 is 0 Å². The summed E-state index contributed by atoms with van der Waals surface area (Å²) in [6.07, 6.45) is 3.72. The maximum atomic E-state index is 6.56. The summed E-state index contributed by atoms with van der Waals surface area (Å²) in [6, 6.07) is 1.27. The average molecular weight is 335 g/mol. The van der Waals surface area contributed by atoms with Crippen LogP contribution in [0.5, 0.6) is 0 Å². The Labute approximate surface area is 131 Å². The Balaban J connectivity index is 4.60. The highest BCUT2D eigenvalue weighted by atomic mass is 28.4. The van der Waals surface area contributed by atoms with Crippen molar-refractivity contribution in [2.45, 2.75) is 96.8 Å². The highest BCUT2D eigenvalue weighted by Crippen LogP contribution is 2.24. The van der Waals surface area contributed by atoms with E-state index in [0.717, 1.165) is 6.42 Å². The van der Waals surface area contributed by atoms with E-state index in [1.54, 1.807) is 0 Å². The van der Waals surface area contributed by atoms with E-state index in [0.29, 0.717) is 11.5 Å². The standard InChI is InChI=1S/C15H38O2Si3/c1-10-12-13-19(6,7)16-14(3)20(8,9)17-15(11-2)18(4)5/h14-15,18H,10-13H2,1-9H3. The summed E-state index contributed by atoms with van der Waals surface area (Å²) >= 11 is 0. The first-order valence-electron chi connectivity index (χ1n) is 8.41. The summed E-state index contributed by atoms with van der Waals surface area (Å²) in [5.74, 6) is 0. The minimum absolute atomic E-state index is 0.308. The minimum Gasteiger partial charge on any atom is -0.415 e. The van der Waals surface area contributed by atoms with Crippen LogP contribution in [0.2, 0.25) is 45.3 Å². The van der Waals surface area contributed by atoms with Crippen LogP contribution in [0.1, 0.15) is 40.0 Å². The Hall–Kier alpha value is 0.571. The van der Waals surface area contributed by atoms with Crippen LogP contribution in [0.15, 0.2) is 0 Å². The Kier molecular flexibility index (Phi) is 9.13. The summed E-state index contributed by atoms with van der Waals surface area (Å²) in [5, 5.41) is 0. The van der Waals surface area contributed by atoms with E-state index in [-0.39, 0.29) is 0 Å². The van der Waals surface area contributed by atoms with Gasteiger partial charge in [-0.1, -0.05) is 39.8 Å². The Bertz CT molecular complexity index is 268. The summed E-state index contributed by atoms with van der Waals surface area (Å²) in [4.78, 5) is 0. The first kappa shape index (κ1) is 20.6. The van der Waals surface area contributed by atoms with E-state index in [9.17, 15) is 0 Å². The molecular formula is C15H38O2Si3. The van der Waals surface area contributed by atoms with Crippen molar-refractivity contribution in [1.29, 1.82) is 0 Å². The zero-order valence-corrected chi connectivity index (χ0v) is 18.5. The van der Waals surface area contributed by atoms with Gasteiger partial charge in [0.2, 0.25) is 8.32 Å². The molecule has 0 aliphatic rings. The second kappa shape index (κ2) is 8.88. The van der Waals surface area contributed by atoms with Crippen molar-refractivity contribution in [3.8, 4) is 0 Å². The van der Waals surface area contributed by atoms with Crippen LogP contribution >= 0.6 is 0 Å². The second-order valence-corrected chi connectivity index (χ2v) is 19.3. The molecule has 0 saturated heterocycles. The maximum absolute atomic E-state index is 6.56. The minimum atomic E-state index is -1.76. The number of unbranched alkanes of at least 4 members (excludes halogenated alkanes) is 1. The molecule has 122 valence electrons. The van der Waals surface area contributed by atoms with Crippen LogP contribution in [-0.2, 0) is 8.85 Å². The van der Waals surface area contributed by atoms with Crippen LogP contribution in [0.25, 0.3) is 0 Å². The van der Waals surface area contributed by atoms with Crippen LogP contribution < -0.4 is 0 Å². The molecule has 20 heavy (non-hydrogen) atoms. The summed E-state index contributed by atoms with van der Waals surface area (Å²) in [6.45, 7) is 20.9. The van der Waals surface area contributed by atoms with Gasteiger partial charge in [0.25, 0.3) is 0 Å². The van der Waals surface area contributed by atoms with Crippen molar-refractivity contribution in [2.24, 2.45) is 0 Å². The van der Waals surface area contributed by atoms with Gasteiger partial charge in [0.15, 0.2) is 8.32 Å². The molecule has 0 rings (SSSR count). The summed E-state index contributed by atoms with van der Waals surface area (Å²) in [5.41, 5.74) is 0.825. The van der Waals surface area contributed by atoms with Crippen molar-refractivity contribution >= 4 is 25.4 Å². The van der Waals surface area contributed by atoms with Crippen molar-refractivity contribution in [2.75, 3.05) is 0 Å². The quantitative estimate of drug-likeness (QED) is 0.526. The third-order valence-corrected chi connectivity index (χ3v) is 12.3. The average Bonchev–Trinajstić information content (AvgIpc) is 2.32. The fourth-order valence-corrected chi connectivity index (χ4v) is 11.1. The van der Waals surface area contributed by atoms with Crippen LogP contribution in [-0.4, -0.2) is 36.9 Å². The molecule has 0 heterocycles. The van der Waals surface area contributed by atoms with E-state index in [1.807, 2.05) is 0 Å². The van der Waals surface area contributed by atoms with Gasteiger partial charge in [-0.3, -0.25) is 0 Å². The molecule has 0 aromatic heterocycles. The molecule has 0 aromatic carbocycles. The molecule has 0 radical (unpaired) electrons. The predicted octanol–water partition coefficient (Wildman–Crippen LogP) is 4.96. The Morgan fingerprint density at radius 3 is 1.95 bits per heavy atom. The van der Waals surface area contributed by atoms with Crippen molar-refractivity contribution in [3.05, 3.63) is 0 Å². The number of hydrogen-bond donors (Lipinski definition) is 0. The molecule has 0 aliphatic carbocycles. The lowest BCUT2D eigenvalue weighted by Crippen LogP contribution is -2.53. The van der Waals surface area contributed by atoms with Gasteiger partial charge in [-0.2, -0.15) is 0 Å². The van der Waals surface area contributed by atoms with Gasteiger partial charge in [0.05, 0.1) is 14.5 Å². The Morgan fingerprint density at radius 2 is 1.55 bits per heavy atom. The first-order chi connectivity index (χ1) is 9.05. The van der Waals surface area contributed by atoms with Crippen LogP contribution in [0.4, 0.5) is 0 Å². The lowest BCUT2D eigenvalue weighted by Gasteiger charge is -2.38. The van der Waals surface area contributed by atoms with Gasteiger partial charge in [-0.25, -0.2) is 0 Å². The predicted molar refractivity (Wildman–Crippen MR) is 99.3 cm³/mol. The van der Waals surface area contributed by atoms with Gasteiger partial charge < -0.3 is 8.85 Å². The monoisotopic (exact) mass is 334 g/mol. The molecular weight excluding hydrogens is 296 g/mol. The molecule has 2 unspecified atom stereocenters. The molecule has 0 fully saturated rings. The molecule has 5 heteroatoms. The van der Waals surface area contributed by atoms with Gasteiger partial charge in [-0.05, 0) is 45.6 Å². The molecule has 0 N–H and O–H groups in total. The SMILES string of the molecule is CCCC[Si](C)(C)OC(C)[Si](C)(C)OC(CC)[SiH](C)C. The smallest absolute Gasteiger partial charge is 0.213 e. The molecule has 2 atom stereocenters. The lowest BCUT2D eigenvalue weighted by atomic mass is 10.4. The zero-order chi connectivity index (χ0) is 16.0. The van der Waals surface area contributed by atoms with Gasteiger partial charge in [0.1, 0.15) is 0 Å². The van der Waals surface area contributed by atoms with Crippen LogP contribution in [0, 0.1) is 0 Å². The molecule has 0 aliphatic heterocycles. The largest absolute Gasteiger partial charge is 0.415 e. The molecule has 0 aromatic rings. The third-order valence-electron chi connectivity index (χ3n) is 4.21. The van der Waals surface area contributed by atoms with E-state index in [1.165, 1.54) is 18.9 Å². The van der Waals surface area contributed by atoms with Gasteiger partial charge in [0, 0.05) is 5.73 Å². The van der Waals surface area contributed by atoms with E-state index < -0.39 is 25.4 Å². The summed E-state index contributed by atoms with van der Waals surface area (Å²) < 4.78 is 13.1. The second-order valence-electron chi connectivity index (χ2n) is 7.54. The van der Waals surface area contributed by atoms with Crippen molar-refractivity contribution in [3.63, 3.8) is 0 Å². The van der Waals surface area contributed by atoms with E-state index in [4.69, 9.17) is 8.85 Å². The van der Waals surface area contributed by atoms with Crippen LogP contribution in [0.3, 0.4) is 0 Å². The maximum Gasteiger partial charge on any atom is 0.213 e. The zero-order valence-electron chi connectivity index (χ0n) is 15.4. The van der Waals surface area contributed by atoms with Crippen molar-refractivity contribution < 1.29 is 8.85 Å². The van der Waals surface area contributed by atoms with Gasteiger partial charge in [-0.15, -0.1) is 0 Å². The number of hydrogen-bond acceptors (Lipinski definition) is 2. The molecule has 0 bridgehead atoms. The topological polar surface area (TPSA) is 18.5 Å². The van der Waals surface area contributed by atoms with E-state index in [2.05, 4.69) is 60.1 Å². The van der Waals surface area contributed by atoms with Crippen molar-refractivity contribution in [1.82, 2.24) is 0 Å². The number of rotatable bonds is 10. The fraction of sp³-hybridized carbons (Fsp3) is 1.00. The first-order valence-corrected chi connectivity index (χ1v) is 17.5. The Morgan fingerprint density at radius 1 is 1.00 bits per heavy atom. The van der Waals surface area contributed by atoms with E-state index >= 15 is 0 Å². The highest BCUT2D eigenvalue weighted by molar-refractivity contribution is 6.76. The normalized spacial score (nSPS) is 16.5.